The summed E-state index contributed by atoms with van der Waals surface area (Å²) in [6.07, 6.45) is 5.23. The number of alkyl carbamates (subject to hydrolysis) is 1. The molecule has 0 radical (unpaired) electrons. The van der Waals surface area contributed by atoms with Crippen molar-refractivity contribution in [3.05, 3.63) is 103 Å². The van der Waals surface area contributed by atoms with Crippen LogP contribution in [0, 0.1) is 15.2 Å². The fourth-order valence-electron chi connectivity index (χ4n) is 6.08. The van der Waals surface area contributed by atoms with E-state index in [1.54, 1.807) is 55.6 Å². The van der Waals surface area contributed by atoms with Gasteiger partial charge in [-0.15, -0.1) is 0 Å². The molecule has 6 rings (SSSR count). The van der Waals surface area contributed by atoms with E-state index in [0.29, 0.717) is 49.1 Å². The van der Waals surface area contributed by atoms with E-state index in [0.717, 1.165) is 15.8 Å². The van der Waals surface area contributed by atoms with Crippen LogP contribution in [0.25, 0.3) is 22.4 Å². The molecule has 0 saturated heterocycles. The number of pyridine rings is 2. The zero-order chi connectivity index (χ0) is 32.1. The predicted octanol–water partition coefficient (Wildman–Crippen LogP) is 5.70. The zero-order valence-corrected chi connectivity index (χ0v) is 27.0. The second-order valence-electron chi connectivity index (χ2n) is 12.5. The van der Waals surface area contributed by atoms with Crippen molar-refractivity contribution >= 4 is 45.4 Å². The van der Waals surface area contributed by atoms with Gasteiger partial charge in [0.1, 0.15) is 22.9 Å². The van der Waals surface area contributed by atoms with Gasteiger partial charge in [0.05, 0.1) is 23.0 Å². The number of hydrogen-bond acceptors (Lipinski definition) is 6. The number of ether oxygens (including phenoxy) is 1. The van der Waals surface area contributed by atoms with Crippen molar-refractivity contribution in [2.75, 3.05) is 0 Å². The number of hydrogen-bond donors (Lipinski definition) is 1. The zero-order valence-electron chi connectivity index (χ0n) is 24.9. The van der Waals surface area contributed by atoms with Crippen LogP contribution in [0.5, 0.6) is 0 Å². The highest BCUT2D eigenvalue weighted by Gasteiger charge is 2.40. The number of benzene rings is 1. The van der Waals surface area contributed by atoms with Crippen molar-refractivity contribution in [1.29, 1.82) is 0 Å². The Morgan fingerprint density at radius 2 is 1.84 bits per heavy atom. The Balaban J connectivity index is 1.38. The summed E-state index contributed by atoms with van der Waals surface area (Å²) in [5.41, 5.74) is -0.969. The second kappa shape index (κ2) is 11.7. The monoisotopic (exact) mass is 728 g/mol. The summed E-state index contributed by atoms with van der Waals surface area (Å²) in [7, 11) is 0. The van der Waals surface area contributed by atoms with Gasteiger partial charge >= 0.3 is 11.8 Å². The number of halogens is 3. The molecule has 45 heavy (non-hydrogen) atoms. The number of carbonyl (C=O) groups excluding carboxylic acids is 1. The third kappa shape index (κ3) is 6.35. The number of imidazole rings is 1. The molecule has 1 aromatic carbocycles. The molecule has 0 unspecified atom stereocenters. The Bertz CT molecular complexity index is 2060. The predicted molar refractivity (Wildman–Crippen MR) is 173 cm³/mol. The van der Waals surface area contributed by atoms with Crippen molar-refractivity contribution in [3.63, 3.8) is 0 Å². The van der Waals surface area contributed by atoms with Crippen molar-refractivity contribution in [2.24, 2.45) is 0 Å². The van der Waals surface area contributed by atoms with Crippen molar-refractivity contribution in [3.8, 4) is 5.69 Å². The number of nitrogens with zero attached hydrogens (tertiary/aromatic N) is 5. The van der Waals surface area contributed by atoms with E-state index in [9.17, 15) is 23.2 Å². The van der Waals surface area contributed by atoms with Gasteiger partial charge in [-0.2, -0.15) is 0 Å². The molecule has 4 aromatic heterocycles. The summed E-state index contributed by atoms with van der Waals surface area (Å²) in [5, 5.41) is 3.05. The molecule has 10 nitrogen and oxygen atoms in total. The van der Waals surface area contributed by atoms with Gasteiger partial charge in [-0.3, -0.25) is 9.36 Å². The first-order chi connectivity index (χ1) is 21.3. The SMILES string of the molecule is CC(C)(C)OC(=O)NC1(Cc2cn3cc(F)ccc3n2)CCC(n2c(=O)c3cc(F)cnc3n(-c3cccc(I)c3)c2=O)CC1. The number of aromatic nitrogens is 5. The summed E-state index contributed by atoms with van der Waals surface area (Å²) in [5.74, 6) is -1.09. The molecule has 1 aliphatic rings. The Labute approximate surface area is 270 Å². The summed E-state index contributed by atoms with van der Waals surface area (Å²) >= 11 is 2.13. The molecule has 4 heterocycles. The first-order valence-electron chi connectivity index (χ1n) is 14.5. The lowest BCUT2D eigenvalue weighted by Crippen LogP contribution is -2.54. The van der Waals surface area contributed by atoms with Gasteiger partial charge in [0.2, 0.25) is 0 Å². The van der Waals surface area contributed by atoms with Crippen LogP contribution in [0.2, 0.25) is 0 Å². The van der Waals surface area contributed by atoms with Gasteiger partial charge in [0.15, 0.2) is 5.65 Å². The summed E-state index contributed by atoms with van der Waals surface area (Å²) in [6, 6.07) is 10.7. The Kier molecular flexibility index (Phi) is 8.00. The Hall–Kier alpha value is -4.14. The molecule has 1 amide bonds. The highest BCUT2D eigenvalue weighted by atomic mass is 127. The van der Waals surface area contributed by atoms with E-state index in [2.05, 4.69) is 37.9 Å². The lowest BCUT2D eigenvalue weighted by molar-refractivity contribution is 0.0407. The van der Waals surface area contributed by atoms with Gasteiger partial charge in [-0.25, -0.2) is 32.9 Å². The molecule has 234 valence electrons. The number of carbonyl (C=O) groups is 1. The van der Waals surface area contributed by atoms with Crippen LogP contribution in [-0.2, 0) is 11.2 Å². The third-order valence-corrected chi connectivity index (χ3v) is 8.66. The fourth-order valence-corrected chi connectivity index (χ4v) is 6.61. The van der Waals surface area contributed by atoms with E-state index >= 15 is 0 Å². The van der Waals surface area contributed by atoms with Crippen molar-refractivity contribution in [2.45, 2.75) is 70.1 Å². The molecule has 0 aliphatic heterocycles. The molecule has 1 N–H and O–H groups in total. The highest BCUT2D eigenvalue weighted by molar-refractivity contribution is 14.1. The van der Waals surface area contributed by atoms with Gasteiger partial charge < -0.3 is 14.5 Å². The maximum Gasteiger partial charge on any atom is 0.408 e. The van der Waals surface area contributed by atoms with Crippen molar-refractivity contribution < 1.29 is 18.3 Å². The summed E-state index contributed by atoms with van der Waals surface area (Å²) in [6.45, 7) is 5.32. The van der Waals surface area contributed by atoms with E-state index in [4.69, 9.17) is 4.74 Å². The first-order valence-corrected chi connectivity index (χ1v) is 15.6. The molecular weight excluding hydrogens is 697 g/mol. The molecular formula is C32H31F2IN6O4. The minimum atomic E-state index is -0.821. The minimum absolute atomic E-state index is 0.00545. The average molecular weight is 729 g/mol. The minimum Gasteiger partial charge on any atom is -0.444 e. The van der Waals surface area contributed by atoms with Crippen LogP contribution in [0.1, 0.15) is 58.2 Å². The molecule has 0 atom stereocenters. The van der Waals surface area contributed by atoms with Crippen molar-refractivity contribution in [1.82, 2.24) is 28.8 Å². The third-order valence-electron chi connectivity index (χ3n) is 7.99. The topological polar surface area (TPSA) is 113 Å². The molecule has 13 heteroatoms. The second-order valence-corrected chi connectivity index (χ2v) is 13.7. The van der Waals surface area contributed by atoms with Crippen LogP contribution in [0.15, 0.2) is 70.6 Å². The van der Waals surface area contributed by atoms with Crippen LogP contribution in [0.4, 0.5) is 13.6 Å². The maximum absolute atomic E-state index is 14.4. The maximum atomic E-state index is 14.4. The molecule has 1 fully saturated rings. The molecule has 1 saturated carbocycles. The van der Waals surface area contributed by atoms with E-state index in [1.165, 1.54) is 21.4 Å². The standard InChI is InChI=1S/C32H31F2IN6O4/c1-31(2,3)45-29(43)38-32(15-22-18-39-17-19(33)7-8-26(39)37-22)11-9-23(10-12-32)41-28(42)25-13-20(34)16-36-27(25)40(30(41)44)24-6-4-5-21(35)14-24/h4-8,13-14,16-18,23H,9-12,15H2,1-3H3,(H,38,43). The van der Waals surface area contributed by atoms with Crippen LogP contribution in [0.3, 0.4) is 0 Å². The smallest absolute Gasteiger partial charge is 0.408 e. The fraction of sp³-hybridized carbons (Fsp3) is 0.344. The largest absolute Gasteiger partial charge is 0.444 e. The lowest BCUT2D eigenvalue weighted by Gasteiger charge is -2.41. The first kappa shape index (κ1) is 30.9. The number of amides is 1. The van der Waals surface area contributed by atoms with Gasteiger partial charge in [-0.1, -0.05) is 6.07 Å². The van der Waals surface area contributed by atoms with Gasteiger partial charge in [0.25, 0.3) is 5.56 Å². The number of fused-ring (bicyclic) bond motifs is 2. The number of rotatable bonds is 5. The van der Waals surface area contributed by atoms with E-state index in [1.807, 2.05) is 6.07 Å². The van der Waals surface area contributed by atoms with Gasteiger partial charge in [0, 0.05) is 34.0 Å². The Morgan fingerprint density at radius 1 is 1.09 bits per heavy atom. The van der Waals surface area contributed by atoms with E-state index < -0.39 is 46.2 Å². The average Bonchev–Trinajstić information content (AvgIpc) is 3.34. The van der Waals surface area contributed by atoms with Crippen LogP contribution < -0.4 is 16.6 Å². The highest BCUT2D eigenvalue weighted by Crippen LogP contribution is 2.37. The van der Waals surface area contributed by atoms with Crippen LogP contribution >= 0.6 is 22.6 Å². The van der Waals surface area contributed by atoms with Crippen LogP contribution in [-0.4, -0.2) is 40.7 Å². The molecule has 0 spiro atoms. The normalized spacial score (nSPS) is 18.8. The summed E-state index contributed by atoms with van der Waals surface area (Å²) < 4.78 is 38.8. The van der Waals surface area contributed by atoms with Gasteiger partial charge in [-0.05, 0) is 105 Å². The molecule has 0 bridgehead atoms. The summed E-state index contributed by atoms with van der Waals surface area (Å²) in [4.78, 5) is 49.6. The molecule has 5 aromatic rings. The quantitative estimate of drug-likeness (QED) is 0.233. The number of nitrogens with one attached hydrogen (secondary N) is 1. The molecule has 1 aliphatic carbocycles. The Morgan fingerprint density at radius 3 is 2.56 bits per heavy atom. The van der Waals surface area contributed by atoms with E-state index in [-0.39, 0.29) is 11.0 Å². The lowest BCUT2D eigenvalue weighted by atomic mass is 9.76.